The van der Waals surface area contributed by atoms with Gasteiger partial charge in [0.2, 0.25) is 0 Å². The van der Waals surface area contributed by atoms with Gasteiger partial charge in [0.1, 0.15) is 16.5 Å². The lowest BCUT2D eigenvalue weighted by atomic mass is 10.0. The number of fused-ring (bicyclic) bond motifs is 2. The van der Waals surface area contributed by atoms with E-state index in [1.165, 1.54) is 10.9 Å². The number of thiazole rings is 1. The van der Waals surface area contributed by atoms with E-state index >= 15 is 0 Å². The average Bonchev–Trinajstić information content (AvgIpc) is 3.35. The van der Waals surface area contributed by atoms with Gasteiger partial charge in [0.05, 0.1) is 16.6 Å². The molecule has 1 aromatic carbocycles. The molecule has 5 nitrogen and oxygen atoms in total. The Kier molecular flexibility index (Phi) is 4.66. The molecular formula is C22H18ClN5S. The summed E-state index contributed by atoms with van der Waals surface area (Å²) in [6.45, 7) is 4.03. The first-order chi connectivity index (χ1) is 14.2. The molecule has 0 fully saturated rings. The summed E-state index contributed by atoms with van der Waals surface area (Å²) in [4.78, 5) is 17.0. The number of anilines is 1. The number of nitrogens with zero attached hydrogens (tertiary/aromatic N) is 3. The van der Waals surface area contributed by atoms with Gasteiger partial charge in [-0.2, -0.15) is 0 Å². The molecule has 0 aliphatic carbocycles. The Morgan fingerprint density at radius 3 is 2.97 bits per heavy atom. The molecule has 0 saturated heterocycles. The quantitative estimate of drug-likeness (QED) is 0.523. The van der Waals surface area contributed by atoms with Gasteiger partial charge in [-0.1, -0.05) is 18.2 Å². The lowest BCUT2D eigenvalue weighted by molar-refractivity contribution is 0.868. The zero-order chi connectivity index (χ0) is 19.8. The van der Waals surface area contributed by atoms with Crippen LogP contribution < -0.4 is 15.9 Å². The maximum Gasteiger partial charge on any atom is 0.140 e. The molecule has 0 bridgehead atoms. The summed E-state index contributed by atoms with van der Waals surface area (Å²) >= 11 is 7.76. The Morgan fingerprint density at radius 1 is 1.14 bits per heavy atom. The van der Waals surface area contributed by atoms with Gasteiger partial charge in [0, 0.05) is 33.5 Å². The molecule has 2 N–H and O–H groups in total. The highest BCUT2D eigenvalue weighted by molar-refractivity contribution is 7.14. The Hall–Kier alpha value is -2.96. The van der Waals surface area contributed by atoms with Gasteiger partial charge in [-0.3, -0.25) is 4.98 Å². The fourth-order valence-corrected chi connectivity index (χ4v) is 4.50. The number of hydrogen-bond donors (Lipinski definition) is 2. The van der Waals surface area contributed by atoms with Crippen LogP contribution in [0.15, 0.2) is 53.2 Å². The molecule has 5 rings (SSSR count). The second kappa shape index (κ2) is 7.46. The smallest absolute Gasteiger partial charge is 0.140 e. The number of aryl methyl sites for hydroxylation is 1. The van der Waals surface area contributed by atoms with Gasteiger partial charge < -0.3 is 10.3 Å². The summed E-state index contributed by atoms with van der Waals surface area (Å²) in [5, 5.41) is 7.97. The summed E-state index contributed by atoms with van der Waals surface area (Å²) in [5.74, 6) is 0.786. The fraction of sp³-hybridized carbons (Fsp3) is 0.136. The first-order valence-corrected chi connectivity index (χ1v) is 10.6. The number of hydrogen-bond acceptors (Lipinski definition) is 5. The van der Waals surface area contributed by atoms with E-state index in [4.69, 9.17) is 16.6 Å². The predicted octanol–water partition coefficient (Wildman–Crippen LogP) is 4.09. The van der Waals surface area contributed by atoms with Gasteiger partial charge in [0.25, 0.3) is 0 Å². The van der Waals surface area contributed by atoms with Crippen LogP contribution in [0.2, 0.25) is 5.02 Å². The number of pyridine rings is 1. The predicted molar refractivity (Wildman–Crippen MR) is 121 cm³/mol. The standard InChI is InChI=1S/C22H18ClN5S/c1-13-16(5-3-9-24-13)21-27-19(20-22(28-21)29-12-26-20)6-2-4-14-11-25-18-8-7-15(23)10-17(14)18/h3,5,7-12,25,28H,1-2,4,6H2. The molecular weight excluding hydrogens is 402 g/mol. The van der Waals surface area contributed by atoms with Crippen molar-refractivity contribution in [3.8, 4) is 0 Å². The van der Waals surface area contributed by atoms with Crippen LogP contribution in [-0.4, -0.2) is 20.7 Å². The number of benzene rings is 1. The van der Waals surface area contributed by atoms with Crippen molar-refractivity contribution in [2.75, 3.05) is 5.32 Å². The van der Waals surface area contributed by atoms with E-state index in [1.54, 1.807) is 17.5 Å². The molecule has 0 unspecified atom stereocenters. The molecule has 1 aliphatic rings. The maximum absolute atomic E-state index is 6.17. The van der Waals surface area contributed by atoms with Crippen LogP contribution in [0.5, 0.6) is 0 Å². The number of rotatable bonds is 4. The lowest BCUT2D eigenvalue weighted by Gasteiger charge is -2.16. The van der Waals surface area contributed by atoms with Gasteiger partial charge in [-0.25, -0.2) is 9.98 Å². The van der Waals surface area contributed by atoms with Crippen molar-refractivity contribution in [3.05, 3.63) is 75.1 Å². The molecule has 29 heavy (non-hydrogen) atoms. The van der Waals surface area contributed by atoms with Crippen molar-refractivity contribution in [2.24, 2.45) is 4.99 Å². The van der Waals surface area contributed by atoms with Crippen molar-refractivity contribution in [2.45, 2.75) is 19.3 Å². The van der Waals surface area contributed by atoms with Crippen LogP contribution in [-0.2, 0) is 6.42 Å². The van der Waals surface area contributed by atoms with E-state index in [1.807, 2.05) is 35.8 Å². The molecule has 0 saturated carbocycles. The highest BCUT2D eigenvalue weighted by Crippen LogP contribution is 2.29. The van der Waals surface area contributed by atoms with Crippen LogP contribution in [0, 0.1) is 0 Å². The summed E-state index contributed by atoms with van der Waals surface area (Å²) in [6, 6.07) is 9.83. The van der Waals surface area contributed by atoms with Gasteiger partial charge in [-0.05, 0) is 55.2 Å². The SMILES string of the molecule is C=c1ncccc1=C1N=C(CCCc2c[nH]c3ccc(Cl)cc23)c2ncsc2N1. The molecule has 0 radical (unpaired) electrons. The van der Waals surface area contributed by atoms with Gasteiger partial charge in [0.15, 0.2) is 0 Å². The molecule has 0 spiro atoms. The van der Waals surface area contributed by atoms with E-state index in [9.17, 15) is 0 Å². The number of aromatic amines is 1. The fourth-order valence-electron chi connectivity index (χ4n) is 3.62. The first kappa shape index (κ1) is 18.1. The van der Waals surface area contributed by atoms with Crippen molar-refractivity contribution in [3.63, 3.8) is 0 Å². The topological polar surface area (TPSA) is 66.0 Å². The minimum Gasteiger partial charge on any atom is -0.361 e. The summed E-state index contributed by atoms with van der Waals surface area (Å²) in [5.41, 5.74) is 6.17. The zero-order valence-corrected chi connectivity index (χ0v) is 17.1. The Balaban J connectivity index is 1.43. The molecule has 7 heteroatoms. The largest absolute Gasteiger partial charge is 0.361 e. The molecule has 3 aromatic heterocycles. The number of halogens is 1. The van der Waals surface area contributed by atoms with Crippen molar-refractivity contribution < 1.29 is 0 Å². The summed E-state index contributed by atoms with van der Waals surface area (Å²) in [6.07, 6.45) is 6.55. The van der Waals surface area contributed by atoms with Crippen molar-refractivity contribution in [1.29, 1.82) is 0 Å². The summed E-state index contributed by atoms with van der Waals surface area (Å²) < 4.78 is 0. The normalized spacial score (nSPS) is 15.1. The van der Waals surface area contributed by atoms with E-state index in [0.717, 1.165) is 57.2 Å². The highest BCUT2D eigenvalue weighted by Gasteiger charge is 2.20. The third-order valence-electron chi connectivity index (χ3n) is 5.05. The Morgan fingerprint density at radius 2 is 2.07 bits per heavy atom. The van der Waals surface area contributed by atoms with E-state index < -0.39 is 0 Å². The maximum atomic E-state index is 6.17. The van der Waals surface area contributed by atoms with Crippen molar-refractivity contribution >= 4 is 57.0 Å². The van der Waals surface area contributed by atoms with Crippen LogP contribution in [0.3, 0.4) is 0 Å². The molecule has 144 valence electrons. The number of aromatic nitrogens is 3. The van der Waals surface area contributed by atoms with E-state index in [0.29, 0.717) is 5.35 Å². The molecule has 0 atom stereocenters. The monoisotopic (exact) mass is 419 g/mol. The highest BCUT2D eigenvalue weighted by atomic mass is 35.5. The van der Waals surface area contributed by atoms with E-state index in [2.05, 4.69) is 33.0 Å². The van der Waals surface area contributed by atoms with Gasteiger partial charge in [-0.15, -0.1) is 11.3 Å². The third kappa shape index (κ3) is 3.45. The lowest BCUT2D eigenvalue weighted by Crippen LogP contribution is -2.31. The second-order valence-corrected chi connectivity index (χ2v) is 8.21. The minimum absolute atomic E-state index is 0.710. The minimum atomic E-state index is 0.710. The van der Waals surface area contributed by atoms with Crippen LogP contribution in [0.25, 0.3) is 23.3 Å². The molecule has 0 amide bonds. The third-order valence-corrected chi connectivity index (χ3v) is 6.03. The van der Waals surface area contributed by atoms with Gasteiger partial charge >= 0.3 is 0 Å². The molecule has 1 aliphatic heterocycles. The van der Waals surface area contributed by atoms with Crippen LogP contribution in [0.4, 0.5) is 5.00 Å². The number of H-pyrrole nitrogens is 1. The Labute approximate surface area is 176 Å². The van der Waals surface area contributed by atoms with Crippen molar-refractivity contribution in [1.82, 2.24) is 15.0 Å². The van der Waals surface area contributed by atoms with Crippen LogP contribution in [0.1, 0.15) is 24.1 Å². The molecule has 4 aromatic rings. The number of nitrogens with one attached hydrogen (secondary N) is 2. The zero-order valence-electron chi connectivity index (χ0n) is 15.6. The summed E-state index contributed by atoms with van der Waals surface area (Å²) in [7, 11) is 0. The second-order valence-electron chi connectivity index (χ2n) is 6.92. The Bertz CT molecular complexity index is 1350. The number of aliphatic imine (C=N–C) groups is 1. The molecule has 4 heterocycles. The average molecular weight is 420 g/mol. The first-order valence-electron chi connectivity index (χ1n) is 9.37. The van der Waals surface area contributed by atoms with E-state index in [-0.39, 0.29) is 0 Å². The van der Waals surface area contributed by atoms with Crippen LogP contribution >= 0.6 is 22.9 Å².